The van der Waals surface area contributed by atoms with Crippen LogP contribution in [0.4, 0.5) is 17.5 Å². The van der Waals surface area contributed by atoms with Gasteiger partial charge in [-0.15, -0.1) is 0 Å². The summed E-state index contributed by atoms with van der Waals surface area (Å²) in [6.45, 7) is 6.46. The zero-order chi connectivity index (χ0) is 18.1. The Kier molecular flexibility index (Phi) is 4.20. The number of anilines is 3. The van der Waals surface area contributed by atoms with Crippen LogP contribution < -0.4 is 10.2 Å². The van der Waals surface area contributed by atoms with Crippen molar-refractivity contribution in [2.45, 2.75) is 13.8 Å². The van der Waals surface area contributed by atoms with Crippen LogP contribution in [0.5, 0.6) is 0 Å². The van der Waals surface area contributed by atoms with E-state index in [9.17, 15) is 4.79 Å². The molecule has 0 aliphatic carbocycles. The number of hydrogen-bond acceptors (Lipinski definition) is 6. The lowest BCUT2D eigenvalue weighted by atomic mass is 10.2. The Labute approximate surface area is 151 Å². The summed E-state index contributed by atoms with van der Waals surface area (Å²) in [4.78, 5) is 24.8. The van der Waals surface area contributed by atoms with E-state index < -0.39 is 0 Å². The van der Waals surface area contributed by atoms with Crippen LogP contribution >= 0.6 is 0 Å². The zero-order valence-corrected chi connectivity index (χ0v) is 14.9. The number of furan rings is 1. The Morgan fingerprint density at radius 2 is 1.81 bits per heavy atom. The first-order valence-electron chi connectivity index (χ1n) is 8.69. The topological polar surface area (TPSA) is 74.5 Å². The number of nitrogens with one attached hydrogen (secondary N) is 1. The number of nitrogens with zero attached hydrogens (tertiary/aromatic N) is 4. The number of aryl methyl sites for hydroxylation is 1. The van der Waals surface area contributed by atoms with E-state index in [0.29, 0.717) is 24.6 Å². The number of benzene rings is 1. The van der Waals surface area contributed by atoms with Gasteiger partial charge in [0, 0.05) is 44.9 Å². The molecule has 1 N–H and O–H groups in total. The Morgan fingerprint density at radius 3 is 2.50 bits per heavy atom. The molecule has 7 nitrogen and oxygen atoms in total. The van der Waals surface area contributed by atoms with E-state index in [1.807, 2.05) is 35.2 Å². The maximum Gasteiger partial charge on any atom is 0.229 e. The fraction of sp³-hybridized carbons (Fsp3) is 0.316. The molecule has 1 fully saturated rings. The van der Waals surface area contributed by atoms with E-state index in [-0.39, 0.29) is 5.91 Å². The summed E-state index contributed by atoms with van der Waals surface area (Å²) in [5.74, 6) is 1.40. The molecule has 134 valence electrons. The molecule has 1 aliphatic heterocycles. The lowest BCUT2D eigenvalue weighted by Gasteiger charge is -2.34. The van der Waals surface area contributed by atoms with Gasteiger partial charge in [-0.3, -0.25) is 4.79 Å². The molecule has 0 spiro atoms. The molecule has 0 radical (unpaired) electrons. The van der Waals surface area contributed by atoms with Gasteiger partial charge in [-0.2, -0.15) is 4.98 Å². The van der Waals surface area contributed by atoms with Gasteiger partial charge in [0.25, 0.3) is 0 Å². The summed E-state index contributed by atoms with van der Waals surface area (Å²) < 4.78 is 5.62. The number of rotatable bonds is 3. The lowest BCUT2D eigenvalue weighted by molar-refractivity contribution is -0.129. The number of carbonyl (C=O) groups is 1. The van der Waals surface area contributed by atoms with Crippen molar-refractivity contribution in [2.75, 3.05) is 36.4 Å². The average molecular weight is 351 g/mol. The van der Waals surface area contributed by atoms with Gasteiger partial charge in [0.1, 0.15) is 5.52 Å². The SMILES string of the molecule is CC(=O)N1CCN(c2nc(Nc3ccc(C)cc3)nc3ccoc23)CC1. The monoisotopic (exact) mass is 351 g/mol. The van der Waals surface area contributed by atoms with Crippen LogP contribution in [0.25, 0.3) is 11.1 Å². The van der Waals surface area contributed by atoms with Crippen molar-refractivity contribution < 1.29 is 9.21 Å². The van der Waals surface area contributed by atoms with Crippen molar-refractivity contribution in [3.05, 3.63) is 42.2 Å². The normalized spacial score (nSPS) is 14.7. The first-order chi connectivity index (χ1) is 12.6. The van der Waals surface area contributed by atoms with E-state index in [1.165, 1.54) is 5.56 Å². The van der Waals surface area contributed by atoms with Gasteiger partial charge in [-0.25, -0.2) is 4.98 Å². The van der Waals surface area contributed by atoms with Crippen LogP contribution in [0.2, 0.25) is 0 Å². The Balaban J connectivity index is 1.63. The van der Waals surface area contributed by atoms with Crippen LogP contribution in [-0.2, 0) is 4.79 Å². The number of hydrogen-bond donors (Lipinski definition) is 1. The molecule has 3 aromatic rings. The number of amides is 1. The number of carbonyl (C=O) groups excluding carboxylic acids is 1. The van der Waals surface area contributed by atoms with Crippen molar-refractivity contribution >= 4 is 34.5 Å². The molecule has 1 aliphatic rings. The summed E-state index contributed by atoms with van der Waals surface area (Å²) in [5, 5.41) is 3.26. The minimum Gasteiger partial charge on any atom is -0.459 e. The minimum absolute atomic E-state index is 0.109. The Hall–Kier alpha value is -3.09. The Bertz CT molecular complexity index is 927. The maximum absolute atomic E-state index is 11.5. The van der Waals surface area contributed by atoms with Crippen LogP contribution in [-0.4, -0.2) is 47.0 Å². The largest absolute Gasteiger partial charge is 0.459 e. The maximum atomic E-state index is 11.5. The third-order valence-electron chi connectivity index (χ3n) is 4.62. The summed E-state index contributed by atoms with van der Waals surface area (Å²) in [6.07, 6.45) is 1.63. The van der Waals surface area contributed by atoms with Crippen LogP contribution in [0, 0.1) is 6.92 Å². The second-order valence-corrected chi connectivity index (χ2v) is 6.49. The third-order valence-corrected chi connectivity index (χ3v) is 4.62. The van der Waals surface area contributed by atoms with Crippen LogP contribution in [0.1, 0.15) is 12.5 Å². The van der Waals surface area contributed by atoms with E-state index in [4.69, 9.17) is 9.40 Å². The molecule has 0 bridgehead atoms. The average Bonchev–Trinajstić information content (AvgIpc) is 3.11. The standard InChI is InChI=1S/C19H21N5O2/c1-13-3-5-15(6-4-13)20-19-21-16-7-12-26-17(16)18(22-19)24-10-8-23(9-11-24)14(2)25/h3-7,12H,8-11H2,1-2H3,(H,20,21,22). The number of aromatic nitrogens is 2. The van der Waals surface area contributed by atoms with Gasteiger partial charge in [0.2, 0.25) is 11.9 Å². The second kappa shape index (κ2) is 6.67. The van der Waals surface area contributed by atoms with Crippen molar-refractivity contribution in [2.24, 2.45) is 0 Å². The van der Waals surface area contributed by atoms with Crippen molar-refractivity contribution in [3.8, 4) is 0 Å². The molecule has 26 heavy (non-hydrogen) atoms. The fourth-order valence-electron chi connectivity index (χ4n) is 3.12. The zero-order valence-electron chi connectivity index (χ0n) is 14.9. The molecule has 1 aromatic carbocycles. The van der Waals surface area contributed by atoms with E-state index in [2.05, 4.69) is 22.1 Å². The molecular weight excluding hydrogens is 330 g/mol. The number of piperazine rings is 1. The predicted octanol–water partition coefficient (Wildman–Crippen LogP) is 2.94. The second-order valence-electron chi connectivity index (χ2n) is 6.49. The van der Waals surface area contributed by atoms with Crippen LogP contribution in [0.3, 0.4) is 0 Å². The van der Waals surface area contributed by atoms with Gasteiger partial charge in [-0.05, 0) is 19.1 Å². The van der Waals surface area contributed by atoms with E-state index >= 15 is 0 Å². The molecule has 4 rings (SSSR count). The summed E-state index contributed by atoms with van der Waals surface area (Å²) >= 11 is 0. The first kappa shape index (κ1) is 16.4. The van der Waals surface area contributed by atoms with Crippen molar-refractivity contribution in [1.29, 1.82) is 0 Å². The highest BCUT2D eigenvalue weighted by Gasteiger charge is 2.23. The molecular formula is C19H21N5O2. The first-order valence-corrected chi connectivity index (χ1v) is 8.69. The highest BCUT2D eigenvalue weighted by Crippen LogP contribution is 2.28. The summed E-state index contributed by atoms with van der Waals surface area (Å²) in [6, 6.07) is 9.93. The summed E-state index contributed by atoms with van der Waals surface area (Å²) in [7, 11) is 0. The minimum atomic E-state index is 0.109. The van der Waals surface area contributed by atoms with Gasteiger partial charge in [0.15, 0.2) is 11.4 Å². The molecule has 7 heteroatoms. The highest BCUT2D eigenvalue weighted by molar-refractivity contribution is 5.86. The van der Waals surface area contributed by atoms with E-state index in [1.54, 1.807) is 13.2 Å². The fourth-order valence-corrected chi connectivity index (χ4v) is 3.12. The quantitative estimate of drug-likeness (QED) is 0.782. The van der Waals surface area contributed by atoms with Gasteiger partial charge < -0.3 is 19.5 Å². The van der Waals surface area contributed by atoms with Gasteiger partial charge >= 0.3 is 0 Å². The Morgan fingerprint density at radius 1 is 1.08 bits per heavy atom. The molecule has 0 atom stereocenters. The molecule has 1 saturated heterocycles. The predicted molar refractivity (Wildman–Crippen MR) is 101 cm³/mol. The smallest absolute Gasteiger partial charge is 0.229 e. The molecule has 2 aromatic heterocycles. The lowest BCUT2D eigenvalue weighted by Crippen LogP contribution is -2.48. The molecule has 1 amide bonds. The highest BCUT2D eigenvalue weighted by atomic mass is 16.3. The van der Waals surface area contributed by atoms with Gasteiger partial charge in [-0.1, -0.05) is 17.7 Å². The van der Waals surface area contributed by atoms with E-state index in [0.717, 1.165) is 30.1 Å². The van der Waals surface area contributed by atoms with Gasteiger partial charge in [0.05, 0.1) is 6.26 Å². The van der Waals surface area contributed by atoms with Crippen molar-refractivity contribution in [1.82, 2.24) is 14.9 Å². The van der Waals surface area contributed by atoms with Crippen molar-refractivity contribution in [3.63, 3.8) is 0 Å². The number of fused-ring (bicyclic) bond motifs is 1. The molecule has 3 heterocycles. The molecule has 0 saturated carbocycles. The van der Waals surface area contributed by atoms with Crippen LogP contribution in [0.15, 0.2) is 41.0 Å². The summed E-state index contributed by atoms with van der Waals surface area (Å²) in [5.41, 5.74) is 3.57. The molecule has 0 unspecified atom stereocenters. The third kappa shape index (κ3) is 3.20.